The van der Waals surface area contributed by atoms with Crippen molar-refractivity contribution in [3.8, 4) is 22.3 Å². The van der Waals surface area contributed by atoms with Crippen molar-refractivity contribution in [2.75, 3.05) is 0 Å². The van der Waals surface area contributed by atoms with Gasteiger partial charge in [0, 0.05) is 0 Å². The molecular formula is C22H26P2. The molecule has 24 heavy (non-hydrogen) atoms. The van der Waals surface area contributed by atoms with Crippen LogP contribution in [-0.4, -0.2) is 0 Å². The molecule has 2 atom stereocenters. The Morgan fingerprint density at radius 1 is 0.500 bits per heavy atom. The molecule has 0 aliphatic heterocycles. The lowest BCUT2D eigenvalue weighted by Crippen LogP contribution is -2.16. The van der Waals surface area contributed by atoms with Crippen LogP contribution in [0.1, 0.15) is 25.0 Å². The number of benzene rings is 3. The maximum atomic E-state index is 2.90. The third-order valence-corrected chi connectivity index (χ3v) is 5.59. The van der Waals surface area contributed by atoms with Crippen molar-refractivity contribution < 1.29 is 0 Å². The Bertz CT molecular complexity index is 730. The average molecular weight is 352 g/mol. The molecule has 0 nitrogen and oxygen atoms in total. The van der Waals surface area contributed by atoms with E-state index in [-0.39, 0.29) is 0 Å². The van der Waals surface area contributed by atoms with E-state index >= 15 is 0 Å². The molecule has 0 aliphatic rings. The van der Waals surface area contributed by atoms with Gasteiger partial charge in [0.1, 0.15) is 0 Å². The first-order chi connectivity index (χ1) is 11.6. The van der Waals surface area contributed by atoms with Gasteiger partial charge in [-0.05, 0) is 46.7 Å². The van der Waals surface area contributed by atoms with Crippen LogP contribution in [0.15, 0.2) is 60.7 Å². The highest BCUT2D eigenvalue weighted by atomic mass is 31.0. The molecule has 0 heterocycles. The van der Waals surface area contributed by atoms with E-state index in [0.29, 0.717) is 0 Å². The van der Waals surface area contributed by atoms with Crippen molar-refractivity contribution >= 4 is 29.1 Å². The summed E-state index contributed by atoms with van der Waals surface area (Å²) in [5, 5.41) is 2.49. The van der Waals surface area contributed by atoms with Gasteiger partial charge < -0.3 is 0 Å². The van der Waals surface area contributed by atoms with Gasteiger partial charge in [-0.15, -0.1) is 18.5 Å². The van der Waals surface area contributed by atoms with Crippen LogP contribution in [0.5, 0.6) is 0 Å². The molecule has 0 fully saturated rings. The normalized spacial score (nSPS) is 10.1. The van der Waals surface area contributed by atoms with Crippen LogP contribution in [0.3, 0.4) is 0 Å². The molecule has 3 rings (SSSR count). The highest BCUT2D eigenvalue weighted by Crippen LogP contribution is 2.25. The van der Waals surface area contributed by atoms with E-state index in [1.165, 1.54) is 44.0 Å². The molecule has 3 aromatic rings. The van der Waals surface area contributed by atoms with E-state index in [2.05, 4.69) is 93.0 Å². The minimum Gasteiger partial charge on any atom is -0.104 e. The first-order valence-corrected chi connectivity index (χ1v) is 9.54. The summed E-state index contributed by atoms with van der Waals surface area (Å²) in [7, 11) is 5.81. The highest BCUT2D eigenvalue weighted by molar-refractivity contribution is 7.36. The number of hydrogen-bond donors (Lipinski definition) is 0. The smallest absolute Gasteiger partial charge is 0.0106 e. The maximum absolute atomic E-state index is 2.90. The van der Waals surface area contributed by atoms with Crippen LogP contribution in [0.25, 0.3) is 22.3 Å². The zero-order valence-corrected chi connectivity index (χ0v) is 17.2. The topological polar surface area (TPSA) is 0 Å². The Morgan fingerprint density at radius 2 is 0.792 bits per heavy atom. The fourth-order valence-corrected chi connectivity index (χ4v) is 3.44. The zero-order chi connectivity index (χ0) is 17.7. The highest BCUT2D eigenvalue weighted by Gasteiger charge is 2.10. The molecule has 0 saturated carbocycles. The second-order valence-corrected chi connectivity index (χ2v) is 6.87. The van der Waals surface area contributed by atoms with Gasteiger partial charge >= 0.3 is 0 Å². The van der Waals surface area contributed by atoms with Crippen molar-refractivity contribution in [2.45, 2.75) is 27.7 Å². The molecule has 0 aliphatic carbocycles. The SMILES string of the molecule is CC.Cc1ccc(-c2ccc(-c3ccc(C)cc3)c(P)c2P)cc1. The Hall–Kier alpha value is -1.48. The lowest BCUT2D eigenvalue weighted by atomic mass is 9.99. The fourth-order valence-electron chi connectivity index (χ4n) is 2.61. The first kappa shape index (κ1) is 18.9. The van der Waals surface area contributed by atoms with E-state index in [4.69, 9.17) is 0 Å². The van der Waals surface area contributed by atoms with Crippen LogP contribution in [-0.2, 0) is 0 Å². The number of rotatable bonds is 2. The molecule has 3 aromatic carbocycles. The monoisotopic (exact) mass is 352 g/mol. The Kier molecular flexibility index (Phi) is 6.73. The quantitative estimate of drug-likeness (QED) is 0.522. The summed E-state index contributed by atoms with van der Waals surface area (Å²) in [6, 6.07) is 21.8. The minimum absolute atomic E-state index is 1.24. The third kappa shape index (κ3) is 4.13. The van der Waals surface area contributed by atoms with E-state index in [1.54, 1.807) is 0 Å². The molecule has 124 valence electrons. The molecule has 0 radical (unpaired) electrons. The van der Waals surface area contributed by atoms with Crippen molar-refractivity contribution in [3.63, 3.8) is 0 Å². The lowest BCUT2D eigenvalue weighted by Gasteiger charge is -2.14. The number of hydrogen-bond acceptors (Lipinski definition) is 0. The van der Waals surface area contributed by atoms with Gasteiger partial charge in [0.2, 0.25) is 0 Å². The molecule has 0 bridgehead atoms. The van der Waals surface area contributed by atoms with E-state index in [0.717, 1.165) is 0 Å². The number of aryl methyl sites for hydroxylation is 2. The lowest BCUT2D eigenvalue weighted by molar-refractivity contribution is 1.47. The zero-order valence-electron chi connectivity index (χ0n) is 14.9. The summed E-state index contributed by atoms with van der Waals surface area (Å²) in [5.74, 6) is 0. The molecule has 0 N–H and O–H groups in total. The van der Waals surface area contributed by atoms with Crippen LogP contribution in [0.4, 0.5) is 0 Å². The van der Waals surface area contributed by atoms with Crippen molar-refractivity contribution in [1.82, 2.24) is 0 Å². The minimum atomic E-state index is 1.24. The molecule has 2 heteroatoms. The second kappa shape index (κ2) is 8.57. The predicted octanol–water partition coefficient (Wildman–Crippen LogP) is 5.66. The summed E-state index contributed by atoms with van der Waals surface area (Å²) in [6.07, 6.45) is 0. The van der Waals surface area contributed by atoms with Crippen molar-refractivity contribution in [2.24, 2.45) is 0 Å². The van der Waals surface area contributed by atoms with Crippen molar-refractivity contribution in [3.05, 3.63) is 71.8 Å². The molecule has 0 spiro atoms. The van der Waals surface area contributed by atoms with Gasteiger partial charge in [-0.1, -0.05) is 85.6 Å². The van der Waals surface area contributed by atoms with Gasteiger partial charge in [-0.2, -0.15) is 0 Å². The largest absolute Gasteiger partial charge is 0.104 e. The summed E-state index contributed by atoms with van der Waals surface area (Å²) in [4.78, 5) is 0. The summed E-state index contributed by atoms with van der Waals surface area (Å²) in [5.41, 5.74) is 7.63. The average Bonchev–Trinajstić information content (AvgIpc) is 2.61. The van der Waals surface area contributed by atoms with Crippen LogP contribution in [0.2, 0.25) is 0 Å². The van der Waals surface area contributed by atoms with Crippen LogP contribution < -0.4 is 10.6 Å². The molecule has 2 unspecified atom stereocenters. The molecular weight excluding hydrogens is 326 g/mol. The van der Waals surface area contributed by atoms with E-state index in [9.17, 15) is 0 Å². The Labute approximate surface area is 151 Å². The third-order valence-electron chi connectivity index (χ3n) is 4.01. The fraction of sp³-hybridized carbons (Fsp3) is 0.182. The maximum Gasteiger partial charge on any atom is -0.0106 e. The van der Waals surface area contributed by atoms with Crippen LogP contribution in [0, 0.1) is 13.8 Å². The second-order valence-electron chi connectivity index (χ2n) is 5.72. The predicted molar refractivity (Wildman–Crippen MR) is 117 cm³/mol. The van der Waals surface area contributed by atoms with Gasteiger partial charge in [0.05, 0.1) is 0 Å². The Balaban J connectivity index is 0.00000100. The molecule has 0 aromatic heterocycles. The summed E-state index contributed by atoms with van der Waals surface area (Å²) < 4.78 is 0. The van der Waals surface area contributed by atoms with E-state index < -0.39 is 0 Å². The van der Waals surface area contributed by atoms with Gasteiger partial charge in [0.15, 0.2) is 0 Å². The van der Waals surface area contributed by atoms with Crippen molar-refractivity contribution in [1.29, 1.82) is 0 Å². The first-order valence-electron chi connectivity index (χ1n) is 8.38. The summed E-state index contributed by atoms with van der Waals surface area (Å²) in [6.45, 7) is 8.24. The van der Waals surface area contributed by atoms with Crippen LogP contribution >= 0.6 is 18.5 Å². The molecule has 0 saturated heterocycles. The Morgan fingerprint density at radius 3 is 1.08 bits per heavy atom. The molecule has 0 amide bonds. The summed E-state index contributed by atoms with van der Waals surface area (Å²) >= 11 is 0. The van der Waals surface area contributed by atoms with Gasteiger partial charge in [0.25, 0.3) is 0 Å². The van der Waals surface area contributed by atoms with Gasteiger partial charge in [-0.3, -0.25) is 0 Å². The standard InChI is InChI=1S/C20H20P2.C2H6/c1-13-3-7-15(8-4-13)17-11-12-18(20(22)19(17)21)16-9-5-14(2)6-10-16;1-2/h3-12H,21-22H2,1-2H3;1-2H3. The van der Waals surface area contributed by atoms with E-state index in [1.807, 2.05) is 13.8 Å². The van der Waals surface area contributed by atoms with Gasteiger partial charge in [-0.25, -0.2) is 0 Å².